The van der Waals surface area contributed by atoms with E-state index >= 15 is 8.78 Å². The summed E-state index contributed by atoms with van der Waals surface area (Å²) in [5.74, 6) is -1.29. The summed E-state index contributed by atoms with van der Waals surface area (Å²) in [6.07, 6.45) is 2.99. The highest BCUT2D eigenvalue weighted by atomic mass is 19.1. The summed E-state index contributed by atoms with van der Waals surface area (Å²) < 4.78 is 46.6. The van der Waals surface area contributed by atoms with Crippen molar-refractivity contribution in [3.05, 3.63) is 42.6 Å². The Balaban J connectivity index is 1.82. The second kappa shape index (κ2) is 11.6. The molecule has 1 fully saturated rings. The number of aromatic nitrogens is 3. The molecule has 40 heavy (non-hydrogen) atoms. The van der Waals surface area contributed by atoms with Gasteiger partial charge in [-0.1, -0.05) is 27.4 Å². The van der Waals surface area contributed by atoms with Crippen molar-refractivity contribution in [1.82, 2.24) is 20.3 Å². The molecule has 0 radical (unpaired) electrons. The number of pyridine rings is 1. The maximum Gasteiger partial charge on any atom is 0.223 e. The van der Waals surface area contributed by atoms with Crippen LogP contribution >= 0.6 is 0 Å². The third-order valence-corrected chi connectivity index (χ3v) is 6.99. The molecule has 1 aromatic carbocycles. The van der Waals surface area contributed by atoms with Gasteiger partial charge in [-0.3, -0.25) is 5.41 Å². The molecule has 3 aromatic rings. The Labute approximate surface area is 232 Å². The fourth-order valence-corrected chi connectivity index (χ4v) is 4.13. The van der Waals surface area contributed by atoms with Gasteiger partial charge < -0.3 is 30.2 Å². The van der Waals surface area contributed by atoms with E-state index in [4.69, 9.17) is 24.6 Å². The molecule has 0 aliphatic carbocycles. The lowest BCUT2D eigenvalue weighted by Crippen LogP contribution is -2.45. The number of anilines is 2. The zero-order valence-electron chi connectivity index (χ0n) is 23.5. The summed E-state index contributed by atoms with van der Waals surface area (Å²) in [5.41, 5.74) is -0.0449. The highest BCUT2D eigenvalue weighted by molar-refractivity contribution is 5.92. The average Bonchev–Trinajstić information content (AvgIpc) is 3.34. The number of ether oxygens (including phenoxy) is 3. The van der Waals surface area contributed by atoms with Gasteiger partial charge >= 0.3 is 0 Å². The Hall–Kier alpha value is -4.06. The summed E-state index contributed by atoms with van der Waals surface area (Å²) in [7, 11) is 2.59. The Kier molecular flexibility index (Phi) is 8.38. The van der Waals surface area contributed by atoms with E-state index in [1.807, 2.05) is 6.92 Å². The summed E-state index contributed by atoms with van der Waals surface area (Å²) in [6, 6.07) is 2.21. The zero-order chi connectivity index (χ0) is 29.2. The van der Waals surface area contributed by atoms with Gasteiger partial charge in [0.25, 0.3) is 0 Å². The molecule has 0 saturated carbocycles. The predicted octanol–water partition coefficient (Wildman–Crippen LogP) is 4.77. The molecule has 1 aliphatic heterocycles. The Morgan fingerprint density at radius 3 is 2.38 bits per heavy atom. The van der Waals surface area contributed by atoms with Gasteiger partial charge in [-0.15, -0.1) is 0 Å². The fraction of sp³-hybridized carbons (Fsp3) is 0.429. The number of benzene rings is 1. The first-order valence-electron chi connectivity index (χ1n) is 12.8. The topological polar surface area (TPSA) is 126 Å². The number of amidine groups is 1. The minimum absolute atomic E-state index is 0.0315. The summed E-state index contributed by atoms with van der Waals surface area (Å²) in [6.45, 7) is 12.6. The molecule has 0 bridgehead atoms. The minimum atomic E-state index is -0.897. The van der Waals surface area contributed by atoms with Crippen molar-refractivity contribution in [2.45, 2.75) is 45.8 Å². The SMILES string of the molecule is C=CC(=N)N[C@H]1COC[C@H]1Nc1ncc2cc(-c3c(F)c(OC)cc(OC)c3F)nc(N[C@H](C)C(C)(C)C)c2n1. The number of methoxy groups -OCH3 is 2. The number of hydrogen-bond donors (Lipinski definition) is 4. The lowest BCUT2D eigenvalue weighted by atomic mass is 9.88. The van der Waals surface area contributed by atoms with E-state index in [0.717, 1.165) is 6.07 Å². The van der Waals surface area contributed by atoms with Crippen LogP contribution in [0, 0.1) is 22.5 Å². The molecule has 1 aliphatic rings. The summed E-state index contributed by atoms with van der Waals surface area (Å²) in [4.78, 5) is 13.8. The second-order valence-corrected chi connectivity index (χ2v) is 10.7. The minimum Gasteiger partial charge on any atom is -0.494 e. The molecule has 1 saturated heterocycles. The van der Waals surface area contributed by atoms with Crippen LogP contribution in [0.25, 0.3) is 22.2 Å². The van der Waals surface area contributed by atoms with Crippen LogP contribution < -0.4 is 25.4 Å². The van der Waals surface area contributed by atoms with Crippen molar-refractivity contribution >= 4 is 28.5 Å². The van der Waals surface area contributed by atoms with Crippen LogP contribution in [0.1, 0.15) is 27.7 Å². The molecule has 3 heterocycles. The van der Waals surface area contributed by atoms with Crippen molar-refractivity contribution in [1.29, 1.82) is 5.41 Å². The first-order chi connectivity index (χ1) is 19.0. The van der Waals surface area contributed by atoms with E-state index in [1.165, 1.54) is 26.4 Å². The highest BCUT2D eigenvalue weighted by Gasteiger charge is 2.30. The van der Waals surface area contributed by atoms with Gasteiger partial charge in [0, 0.05) is 23.7 Å². The number of nitrogens with one attached hydrogen (secondary N) is 4. The summed E-state index contributed by atoms with van der Waals surface area (Å²) >= 11 is 0. The molecule has 0 spiro atoms. The standard InChI is InChI=1S/C28H35F2N7O3/c1-8-21(31)34-17-12-40-13-18(17)36-27-32-11-15-9-16(22-23(29)19(38-6)10-20(39-7)24(22)30)35-26(25(15)37-27)33-14(2)28(3,4)5/h8-11,14,17-18H,1,12-13H2,2-7H3,(H2,31,34)(H,33,35)(H,32,36,37)/t14-,17+,18-/m1/s1. The van der Waals surface area contributed by atoms with Crippen LogP contribution in [0.3, 0.4) is 0 Å². The van der Waals surface area contributed by atoms with Gasteiger partial charge in [-0.2, -0.15) is 0 Å². The van der Waals surface area contributed by atoms with E-state index in [1.54, 1.807) is 6.20 Å². The number of rotatable bonds is 9. The van der Waals surface area contributed by atoms with Crippen molar-refractivity contribution in [3.8, 4) is 22.8 Å². The fourth-order valence-electron chi connectivity index (χ4n) is 4.13. The molecular weight excluding hydrogens is 520 g/mol. The molecular formula is C28H35F2N7O3. The molecule has 10 nitrogen and oxygen atoms in total. The second-order valence-electron chi connectivity index (χ2n) is 10.7. The van der Waals surface area contributed by atoms with Crippen molar-refractivity contribution in [2.24, 2.45) is 5.41 Å². The normalized spacial score (nSPS) is 17.8. The van der Waals surface area contributed by atoms with Crippen molar-refractivity contribution < 1.29 is 23.0 Å². The van der Waals surface area contributed by atoms with Gasteiger partial charge in [-0.05, 0) is 24.5 Å². The van der Waals surface area contributed by atoms with Gasteiger partial charge in [0.1, 0.15) is 11.4 Å². The Morgan fingerprint density at radius 2 is 1.77 bits per heavy atom. The monoisotopic (exact) mass is 555 g/mol. The van der Waals surface area contributed by atoms with E-state index in [-0.39, 0.29) is 52.1 Å². The Morgan fingerprint density at radius 1 is 1.12 bits per heavy atom. The molecule has 0 amide bonds. The van der Waals surface area contributed by atoms with Gasteiger partial charge in [0.15, 0.2) is 29.0 Å². The van der Waals surface area contributed by atoms with Crippen LogP contribution in [0.4, 0.5) is 20.5 Å². The molecule has 3 atom stereocenters. The first kappa shape index (κ1) is 28.9. The molecule has 214 valence electrons. The molecule has 4 N–H and O–H groups in total. The maximum absolute atomic E-state index is 15.4. The smallest absolute Gasteiger partial charge is 0.223 e. The quantitative estimate of drug-likeness (QED) is 0.218. The van der Waals surface area contributed by atoms with Crippen molar-refractivity contribution in [3.63, 3.8) is 0 Å². The Bertz CT molecular complexity index is 1400. The largest absolute Gasteiger partial charge is 0.494 e. The van der Waals surface area contributed by atoms with Gasteiger partial charge in [0.2, 0.25) is 5.95 Å². The van der Waals surface area contributed by atoms with E-state index in [0.29, 0.717) is 35.9 Å². The van der Waals surface area contributed by atoms with E-state index in [2.05, 4.69) is 53.3 Å². The van der Waals surface area contributed by atoms with E-state index < -0.39 is 11.6 Å². The molecule has 0 unspecified atom stereocenters. The van der Waals surface area contributed by atoms with E-state index in [9.17, 15) is 0 Å². The molecule has 2 aromatic heterocycles. The lowest BCUT2D eigenvalue weighted by molar-refractivity contribution is 0.190. The maximum atomic E-state index is 15.4. The van der Waals surface area contributed by atoms with Crippen LogP contribution in [0.2, 0.25) is 0 Å². The van der Waals surface area contributed by atoms with Crippen LogP contribution in [0.15, 0.2) is 31.0 Å². The highest BCUT2D eigenvalue weighted by Crippen LogP contribution is 2.39. The van der Waals surface area contributed by atoms with Crippen LogP contribution in [-0.2, 0) is 4.74 Å². The first-order valence-corrected chi connectivity index (χ1v) is 12.8. The lowest BCUT2D eigenvalue weighted by Gasteiger charge is -2.29. The molecule has 12 heteroatoms. The van der Waals surface area contributed by atoms with Crippen LogP contribution in [0.5, 0.6) is 11.5 Å². The zero-order valence-corrected chi connectivity index (χ0v) is 23.5. The van der Waals surface area contributed by atoms with Gasteiger partial charge in [0.05, 0.1) is 50.8 Å². The van der Waals surface area contributed by atoms with Crippen LogP contribution in [-0.4, -0.2) is 66.3 Å². The number of fused-ring (bicyclic) bond motifs is 1. The average molecular weight is 556 g/mol. The summed E-state index contributed by atoms with van der Waals surface area (Å²) in [5, 5.41) is 18.1. The third kappa shape index (κ3) is 5.91. The van der Waals surface area contributed by atoms with Gasteiger partial charge in [-0.25, -0.2) is 23.7 Å². The predicted molar refractivity (Wildman–Crippen MR) is 151 cm³/mol. The van der Waals surface area contributed by atoms with Crippen molar-refractivity contribution in [2.75, 3.05) is 38.1 Å². The number of hydrogen-bond acceptors (Lipinski definition) is 9. The number of nitrogens with zero attached hydrogens (tertiary/aromatic N) is 3. The molecule has 4 rings (SSSR count). The number of halogens is 2. The third-order valence-electron chi connectivity index (χ3n) is 6.99.